The molecule has 1 aromatic carbocycles. The first-order chi connectivity index (χ1) is 9.28. The van der Waals surface area contributed by atoms with Crippen molar-refractivity contribution in [3.63, 3.8) is 0 Å². The highest BCUT2D eigenvalue weighted by atomic mass is 16.5. The lowest BCUT2D eigenvalue weighted by molar-refractivity contribution is 0.0712. The molecule has 0 aliphatic carbocycles. The van der Waals surface area contributed by atoms with Crippen LogP contribution in [0.4, 0.5) is 0 Å². The average Bonchev–Trinajstić information content (AvgIpc) is 2.47. The van der Waals surface area contributed by atoms with Crippen molar-refractivity contribution >= 4 is 0 Å². The van der Waals surface area contributed by atoms with Crippen LogP contribution in [0.1, 0.15) is 31.4 Å². The molecule has 0 saturated carbocycles. The largest absolute Gasteiger partial charge is 0.379 e. The number of hydrogen-bond donors (Lipinski definition) is 2. The van der Waals surface area contributed by atoms with E-state index < -0.39 is 0 Å². The SMILES string of the molecule is CCc1ccc(CNC(C)CC2COCCN2)cc1. The molecule has 3 heteroatoms. The molecule has 1 aromatic rings. The van der Waals surface area contributed by atoms with E-state index in [1.807, 2.05) is 0 Å². The van der Waals surface area contributed by atoms with Gasteiger partial charge in [-0.05, 0) is 30.9 Å². The first kappa shape index (κ1) is 14.5. The van der Waals surface area contributed by atoms with Crippen molar-refractivity contribution < 1.29 is 4.74 Å². The monoisotopic (exact) mass is 262 g/mol. The molecule has 3 nitrogen and oxygen atoms in total. The van der Waals surface area contributed by atoms with Crippen LogP contribution in [-0.2, 0) is 17.7 Å². The Hall–Kier alpha value is -0.900. The zero-order chi connectivity index (χ0) is 13.5. The molecule has 19 heavy (non-hydrogen) atoms. The fourth-order valence-electron chi connectivity index (χ4n) is 2.47. The third kappa shape index (κ3) is 4.94. The predicted molar refractivity (Wildman–Crippen MR) is 79.3 cm³/mol. The van der Waals surface area contributed by atoms with Crippen LogP contribution in [0.15, 0.2) is 24.3 Å². The Labute approximate surface area is 116 Å². The third-order valence-corrected chi connectivity index (χ3v) is 3.72. The van der Waals surface area contributed by atoms with E-state index in [-0.39, 0.29) is 0 Å². The minimum Gasteiger partial charge on any atom is -0.379 e. The molecular weight excluding hydrogens is 236 g/mol. The maximum absolute atomic E-state index is 5.48. The standard InChI is InChI=1S/C16H26N2O/c1-3-14-4-6-15(7-5-14)11-18-13(2)10-16-12-19-9-8-17-16/h4-7,13,16-18H,3,8-12H2,1-2H3. The number of benzene rings is 1. The quantitative estimate of drug-likeness (QED) is 0.824. The van der Waals surface area contributed by atoms with Gasteiger partial charge in [0.25, 0.3) is 0 Å². The second-order valence-electron chi connectivity index (χ2n) is 5.41. The number of nitrogens with one attached hydrogen (secondary N) is 2. The Morgan fingerprint density at radius 3 is 2.68 bits per heavy atom. The van der Waals surface area contributed by atoms with Gasteiger partial charge in [0, 0.05) is 25.2 Å². The third-order valence-electron chi connectivity index (χ3n) is 3.72. The smallest absolute Gasteiger partial charge is 0.0620 e. The highest BCUT2D eigenvalue weighted by Crippen LogP contribution is 2.07. The summed E-state index contributed by atoms with van der Waals surface area (Å²) < 4.78 is 5.48. The second-order valence-corrected chi connectivity index (χ2v) is 5.41. The van der Waals surface area contributed by atoms with E-state index in [0.29, 0.717) is 12.1 Å². The molecule has 1 fully saturated rings. The maximum Gasteiger partial charge on any atom is 0.0620 e. The Balaban J connectivity index is 1.71. The summed E-state index contributed by atoms with van der Waals surface area (Å²) in [5.74, 6) is 0. The fourth-order valence-corrected chi connectivity index (χ4v) is 2.47. The molecule has 1 saturated heterocycles. The first-order valence-electron chi connectivity index (χ1n) is 7.40. The lowest BCUT2D eigenvalue weighted by Crippen LogP contribution is -2.44. The number of aryl methyl sites for hydroxylation is 1. The molecule has 2 rings (SSSR count). The van der Waals surface area contributed by atoms with Crippen molar-refractivity contribution in [3.05, 3.63) is 35.4 Å². The molecule has 2 atom stereocenters. The Morgan fingerprint density at radius 2 is 2.05 bits per heavy atom. The van der Waals surface area contributed by atoms with E-state index in [0.717, 1.165) is 39.1 Å². The van der Waals surface area contributed by atoms with Gasteiger partial charge in [-0.15, -0.1) is 0 Å². The van der Waals surface area contributed by atoms with Crippen molar-refractivity contribution in [2.75, 3.05) is 19.8 Å². The van der Waals surface area contributed by atoms with Crippen molar-refractivity contribution in [2.45, 2.75) is 45.3 Å². The Morgan fingerprint density at radius 1 is 1.32 bits per heavy atom. The summed E-state index contributed by atoms with van der Waals surface area (Å²) in [6, 6.07) is 9.89. The normalized spacial score (nSPS) is 21.3. The minimum absolute atomic E-state index is 0.499. The van der Waals surface area contributed by atoms with Crippen LogP contribution in [0.2, 0.25) is 0 Å². The van der Waals surface area contributed by atoms with Gasteiger partial charge in [0.1, 0.15) is 0 Å². The van der Waals surface area contributed by atoms with Crippen molar-refractivity contribution in [1.82, 2.24) is 10.6 Å². The highest BCUT2D eigenvalue weighted by Gasteiger charge is 2.15. The van der Waals surface area contributed by atoms with Gasteiger partial charge in [-0.2, -0.15) is 0 Å². The van der Waals surface area contributed by atoms with E-state index in [1.165, 1.54) is 11.1 Å². The number of hydrogen-bond acceptors (Lipinski definition) is 3. The first-order valence-corrected chi connectivity index (χ1v) is 7.40. The number of ether oxygens (including phenoxy) is 1. The molecule has 106 valence electrons. The molecule has 2 unspecified atom stereocenters. The summed E-state index contributed by atoms with van der Waals surface area (Å²) in [5, 5.41) is 7.09. The predicted octanol–water partition coefficient (Wildman–Crippen LogP) is 2.11. The topological polar surface area (TPSA) is 33.3 Å². The summed E-state index contributed by atoms with van der Waals surface area (Å²) in [6.07, 6.45) is 2.23. The van der Waals surface area contributed by atoms with Crippen LogP contribution < -0.4 is 10.6 Å². The van der Waals surface area contributed by atoms with Crippen molar-refractivity contribution in [3.8, 4) is 0 Å². The Kier molecular flexibility index (Phi) is 5.83. The van der Waals surface area contributed by atoms with E-state index in [2.05, 4.69) is 48.7 Å². The zero-order valence-corrected chi connectivity index (χ0v) is 12.1. The summed E-state index contributed by atoms with van der Waals surface area (Å²) >= 11 is 0. The van der Waals surface area contributed by atoms with Gasteiger partial charge in [-0.3, -0.25) is 0 Å². The summed E-state index contributed by atoms with van der Waals surface area (Å²) in [7, 11) is 0. The second kappa shape index (κ2) is 7.63. The molecule has 1 aliphatic heterocycles. The minimum atomic E-state index is 0.499. The fraction of sp³-hybridized carbons (Fsp3) is 0.625. The van der Waals surface area contributed by atoms with E-state index in [1.54, 1.807) is 0 Å². The maximum atomic E-state index is 5.48. The molecule has 0 spiro atoms. The van der Waals surface area contributed by atoms with Crippen LogP contribution in [0.5, 0.6) is 0 Å². The number of rotatable bonds is 6. The van der Waals surface area contributed by atoms with Crippen LogP contribution in [-0.4, -0.2) is 31.8 Å². The summed E-state index contributed by atoms with van der Waals surface area (Å²) in [6.45, 7) is 8.05. The van der Waals surface area contributed by atoms with Gasteiger partial charge < -0.3 is 15.4 Å². The molecule has 1 heterocycles. The van der Waals surface area contributed by atoms with Crippen molar-refractivity contribution in [2.24, 2.45) is 0 Å². The van der Waals surface area contributed by atoms with Crippen LogP contribution in [0.25, 0.3) is 0 Å². The van der Waals surface area contributed by atoms with E-state index in [9.17, 15) is 0 Å². The van der Waals surface area contributed by atoms with Crippen LogP contribution in [0, 0.1) is 0 Å². The molecule has 2 N–H and O–H groups in total. The molecule has 0 aromatic heterocycles. The van der Waals surface area contributed by atoms with Gasteiger partial charge in [-0.1, -0.05) is 31.2 Å². The molecular formula is C16H26N2O. The van der Waals surface area contributed by atoms with Gasteiger partial charge in [-0.25, -0.2) is 0 Å². The molecule has 1 aliphatic rings. The van der Waals surface area contributed by atoms with E-state index in [4.69, 9.17) is 4.74 Å². The number of morpholine rings is 1. The van der Waals surface area contributed by atoms with Gasteiger partial charge in [0.15, 0.2) is 0 Å². The summed E-state index contributed by atoms with van der Waals surface area (Å²) in [4.78, 5) is 0. The molecule has 0 radical (unpaired) electrons. The average molecular weight is 262 g/mol. The van der Waals surface area contributed by atoms with Gasteiger partial charge >= 0.3 is 0 Å². The Bertz CT molecular complexity index is 358. The van der Waals surface area contributed by atoms with Gasteiger partial charge in [0.2, 0.25) is 0 Å². The summed E-state index contributed by atoms with van der Waals surface area (Å²) in [5.41, 5.74) is 2.76. The molecule has 0 bridgehead atoms. The van der Waals surface area contributed by atoms with Gasteiger partial charge in [0.05, 0.1) is 13.2 Å². The van der Waals surface area contributed by atoms with Crippen molar-refractivity contribution in [1.29, 1.82) is 0 Å². The van der Waals surface area contributed by atoms with E-state index >= 15 is 0 Å². The molecule has 0 amide bonds. The lowest BCUT2D eigenvalue weighted by Gasteiger charge is -2.26. The zero-order valence-electron chi connectivity index (χ0n) is 12.1. The van der Waals surface area contributed by atoms with Crippen LogP contribution >= 0.6 is 0 Å². The van der Waals surface area contributed by atoms with Crippen LogP contribution in [0.3, 0.4) is 0 Å². The highest BCUT2D eigenvalue weighted by molar-refractivity contribution is 5.22. The lowest BCUT2D eigenvalue weighted by atomic mass is 10.1.